The highest BCUT2D eigenvalue weighted by Gasteiger charge is 2.34. The molecule has 98 valence electrons. The summed E-state index contributed by atoms with van der Waals surface area (Å²) in [6.07, 6.45) is 7.52. The second-order valence-electron chi connectivity index (χ2n) is 5.89. The SMILES string of the molecule is CCC1(CO)CCN(C(=O)CC2CCC2)CC1. The van der Waals surface area contributed by atoms with Gasteiger partial charge in [-0.25, -0.2) is 0 Å². The zero-order chi connectivity index (χ0) is 12.3. The Balaban J connectivity index is 1.79. The minimum absolute atomic E-state index is 0.0905. The molecule has 0 aromatic carbocycles. The summed E-state index contributed by atoms with van der Waals surface area (Å²) in [5.74, 6) is 1.01. The Labute approximate surface area is 104 Å². The third-order valence-electron chi connectivity index (χ3n) is 4.95. The van der Waals surface area contributed by atoms with E-state index in [4.69, 9.17) is 0 Å². The number of carbonyl (C=O) groups excluding carboxylic acids is 1. The smallest absolute Gasteiger partial charge is 0.222 e. The predicted molar refractivity (Wildman–Crippen MR) is 67.6 cm³/mol. The predicted octanol–water partition coefficient (Wildman–Crippen LogP) is 2.19. The van der Waals surface area contributed by atoms with Crippen molar-refractivity contribution in [3.05, 3.63) is 0 Å². The van der Waals surface area contributed by atoms with Crippen molar-refractivity contribution in [3.63, 3.8) is 0 Å². The molecule has 2 rings (SSSR count). The molecule has 0 aromatic rings. The first kappa shape index (κ1) is 12.9. The summed E-state index contributed by atoms with van der Waals surface area (Å²) >= 11 is 0. The van der Waals surface area contributed by atoms with Crippen molar-refractivity contribution in [3.8, 4) is 0 Å². The number of likely N-dealkylation sites (tertiary alicyclic amines) is 1. The number of piperidine rings is 1. The molecule has 1 saturated carbocycles. The van der Waals surface area contributed by atoms with E-state index in [0.717, 1.165) is 38.8 Å². The van der Waals surface area contributed by atoms with Gasteiger partial charge >= 0.3 is 0 Å². The van der Waals surface area contributed by atoms with Gasteiger partial charge in [0.1, 0.15) is 0 Å². The fourth-order valence-electron chi connectivity index (χ4n) is 2.93. The van der Waals surface area contributed by atoms with Crippen LogP contribution < -0.4 is 0 Å². The van der Waals surface area contributed by atoms with Crippen LogP contribution in [0.1, 0.15) is 51.9 Å². The van der Waals surface area contributed by atoms with Gasteiger partial charge in [0, 0.05) is 26.1 Å². The van der Waals surface area contributed by atoms with Gasteiger partial charge in [0.15, 0.2) is 0 Å². The summed E-state index contributed by atoms with van der Waals surface area (Å²) in [6.45, 7) is 4.11. The molecular formula is C14H25NO2. The Hall–Kier alpha value is -0.570. The van der Waals surface area contributed by atoms with Crippen molar-refractivity contribution in [2.45, 2.75) is 51.9 Å². The molecule has 0 radical (unpaired) electrons. The monoisotopic (exact) mass is 239 g/mol. The molecule has 1 heterocycles. The maximum absolute atomic E-state index is 12.1. The summed E-state index contributed by atoms with van der Waals surface area (Å²) in [5.41, 5.74) is 0.0905. The molecule has 1 saturated heterocycles. The highest BCUT2D eigenvalue weighted by atomic mass is 16.3. The largest absolute Gasteiger partial charge is 0.396 e. The third-order valence-corrected chi connectivity index (χ3v) is 4.95. The van der Waals surface area contributed by atoms with Crippen LogP contribution in [0.3, 0.4) is 0 Å². The van der Waals surface area contributed by atoms with Crippen molar-refractivity contribution in [1.29, 1.82) is 0 Å². The van der Waals surface area contributed by atoms with Gasteiger partial charge in [-0.15, -0.1) is 0 Å². The second-order valence-corrected chi connectivity index (χ2v) is 5.89. The summed E-state index contributed by atoms with van der Waals surface area (Å²) in [4.78, 5) is 14.1. The number of hydrogen-bond donors (Lipinski definition) is 1. The average Bonchev–Trinajstić information content (AvgIpc) is 2.33. The lowest BCUT2D eigenvalue weighted by atomic mass is 9.76. The van der Waals surface area contributed by atoms with Gasteiger partial charge in [-0.3, -0.25) is 4.79 Å². The van der Waals surface area contributed by atoms with E-state index in [0.29, 0.717) is 11.8 Å². The normalized spacial score (nSPS) is 24.5. The van der Waals surface area contributed by atoms with Gasteiger partial charge in [0.2, 0.25) is 5.91 Å². The Kier molecular flexibility index (Phi) is 4.08. The number of aliphatic hydroxyl groups is 1. The maximum Gasteiger partial charge on any atom is 0.222 e. The molecule has 17 heavy (non-hydrogen) atoms. The Morgan fingerprint density at radius 1 is 1.35 bits per heavy atom. The molecule has 0 spiro atoms. The molecule has 2 aliphatic rings. The lowest BCUT2D eigenvalue weighted by Gasteiger charge is -2.41. The van der Waals surface area contributed by atoms with E-state index in [1.54, 1.807) is 0 Å². The molecule has 0 bridgehead atoms. The number of aliphatic hydroxyl groups excluding tert-OH is 1. The van der Waals surface area contributed by atoms with Crippen LogP contribution >= 0.6 is 0 Å². The Morgan fingerprint density at radius 2 is 2.00 bits per heavy atom. The first-order valence-corrected chi connectivity index (χ1v) is 7.08. The topological polar surface area (TPSA) is 40.5 Å². The lowest BCUT2D eigenvalue weighted by Crippen LogP contribution is -2.45. The van der Waals surface area contributed by atoms with E-state index in [1.165, 1.54) is 19.3 Å². The fraction of sp³-hybridized carbons (Fsp3) is 0.929. The number of nitrogens with zero attached hydrogens (tertiary/aromatic N) is 1. The fourth-order valence-corrected chi connectivity index (χ4v) is 2.93. The number of hydrogen-bond acceptors (Lipinski definition) is 2. The minimum Gasteiger partial charge on any atom is -0.396 e. The summed E-state index contributed by atoms with van der Waals surface area (Å²) in [5, 5.41) is 9.46. The van der Waals surface area contributed by atoms with Crippen molar-refractivity contribution >= 4 is 5.91 Å². The lowest BCUT2D eigenvalue weighted by molar-refractivity contribution is -0.135. The van der Waals surface area contributed by atoms with Crippen LogP contribution in [-0.2, 0) is 4.79 Å². The van der Waals surface area contributed by atoms with E-state index in [-0.39, 0.29) is 12.0 Å². The molecule has 2 fully saturated rings. The number of rotatable bonds is 4. The van der Waals surface area contributed by atoms with E-state index in [1.807, 2.05) is 4.90 Å². The zero-order valence-electron chi connectivity index (χ0n) is 11.0. The average molecular weight is 239 g/mol. The van der Waals surface area contributed by atoms with Crippen LogP contribution in [0.25, 0.3) is 0 Å². The zero-order valence-corrected chi connectivity index (χ0v) is 11.0. The molecule has 0 unspecified atom stereocenters. The molecule has 1 N–H and O–H groups in total. The Morgan fingerprint density at radius 3 is 2.41 bits per heavy atom. The standard InChI is InChI=1S/C14H25NO2/c1-2-14(11-16)6-8-15(9-7-14)13(17)10-12-4-3-5-12/h12,16H,2-11H2,1H3. The molecule has 1 aliphatic carbocycles. The first-order chi connectivity index (χ1) is 8.19. The summed E-state index contributed by atoms with van der Waals surface area (Å²) < 4.78 is 0. The minimum atomic E-state index is 0.0905. The Bertz CT molecular complexity index is 259. The van der Waals surface area contributed by atoms with Gasteiger partial charge in [-0.1, -0.05) is 13.3 Å². The summed E-state index contributed by atoms with van der Waals surface area (Å²) in [6, 6.07) is 0. The van der Waals surface area contributed by atoms with Gasteiger partial charge in [-0.05, 0) is 43.4 Å². The van der Waals surface area contributed by atoms with E-state index in [2.05, 4.69) is 6.92 Å². The molecule has 1 aliphatic heterocycles. The summed E-state index contributed by atoms with van der Waals surface area (Å²) in [7, 11) is 0. The van der Waals surface area contributed by atoms with Crippen LogP contribution in [0.5, 0.6) is 0 Å². The quantitative estimate of drug-likeness (QED) is 0.817. The van der Waals surface area contributed by atoms with E-state index in [9.17, 15) is 9.90 Å². The van der Waals surface area contributed by atoms with Crippen molar-refractivity contribution in [2.24, 2.45) is 11.3 Å². The molecular weight excluding hydrogens is 214 g/mol. The van der Waals surface area contributed by atoms with Crippen LogP contribution in [0.4, 0.5) is 0 Å². The number of amides is 1. The van der Waals surface area contributed by atoms with E-state index >= 15 is 0 Å². The highest BCUT2D eigenvalue weighted by molar-refractivity contribution is 5.76. The highest BCUT2D eigenvalue weighted by Crippen LogP contribution is 2.35. The van der Waals surface area contributed by atoms with E-state index < -0.39 is 0 Å². The van der Waals surface area contributed by atoms with Crippen molar-refractivity contribution in [1.82, 2.24) is 4.90 Å². The molecule has 3 nitrogen and oxygen atoms in total. The third kappa shape index (κ3) is 2.82. The molecule has 0 atom stereocenters. The van der Waals surface area contributed by atoms with Crippen LogP contribution in [-0.4, -0.2) is 35.6 Å². The van der Waals surface area contributed by atoms with Gasteiger partial charge in [0.05, 0.1) is 0 Å². The van der Waals surface area contributed by atoms with Gasteiger partial charge in [-0.2, -0.15) is 0 Å². The van der Waals surface area contributed by atoms with Crippen LogP contribution in [0.2, 0.25) is 0 Å². The van der Waals surface area contributed by atoms with Crippen molar-refractivity contribution in [2.75, 3.05) is 19.7 Å². The molecule has 3 heteroatoms. The molecule has 0 aromatic heterocycles. The van der Waals surface area contributed by atoms with Gasteiger partial charge < -0.3 is 10.0 Å². The van der Waals surface area contributed by atoms with Crippen LogP contribution in [0, 0.1) is 11.3 Å². The van der Waals surface area contributed by atoms with Crippen molar-refractivity contribution < 1.29 is 9.90 Å². The van der Waals surface area contributed by atoms with Gasteiger partial charge in [0.25, 0.3) is 0 Å². The molecule has 1 amide bonds. The van der Waals surface area contributed by atoms with Crippen LogP contribution in [0.15, 0.2) is 0 Å². The first-order valence-electron chi connectivity index (χ1n) is 7.08. The maximum atomic E-state index is 12.1. The number of carbonyl (C=O) groups is 1. The second kappa shape index (κ2) is 5.38.